The maximum atomic E-state index is 12.4. The number of benzene rings is 1. The van der Waals surface area contributed by atoms with E-state index in [2.05, 4.69) is 5.32 Å². The van der Waals surface area contributed by atoms with E-state index in [9.17, 15) is 19.7 Å². The highest BCUT2D eigenvalue weighted by atomic mass is 16.6. The van der Waals surface area contributed by atoms with Crippen LogP contribution in [0.1, 0.15) is 30.6 Å². The average molecular weight is 378 g/mol. The third kappa shape index (κ3) is 5.40. The molecule has 9 nitrogen and oxygen atoms in total. The largest absolute Gasteiger partial charge is 0.385 e. The van der Waals surface area contributed by atoms with E-state index in [1.54, 1.807) is 24.1 Å². The van der Waals surface area contributed by atoms with Crippen LogP contribution in [0.4, 0.5) is 11.4 Å². The Morgan fingerprint density at radius 2 is 1.96 bits per heavy atom. The molecule has 1 fully saturated rings. The first-order chi connectivity index (χ1) is 12.8. The molecule has 0 radical (unpaired) electrons. The van der Waals surface area contributed by atoms with Gasteiger partial charge >= 0.3 is 0 Å². The van der Waals surface area contributed by atoms with Crippen molar-refractivity contribution in [3.05, 3.63) is 33.9 Å². The number of hydrogen-bond acceptors (Lipinski definition) is 6. The fraction of sp³-hybridized carbons (Fsp3) is 0.556. The summed E-state index contributed by atoms with van der Waals surface area (Å²) in [7, 11) is 1.59. The number of piperazine rings is 1. The van der Waals surface area contributed by atoms with Crippen molar-refractivity contribution in [1.82, 2.24) is 10.2 Å². The summed E-state index contributed by atoms with van der Waals surface area (Å²) in [6, 6.07) is 4.41. The monoisotopic (exact) mass is 378 g/mol. The summed E-state index contributed by atoms with van der Waals surface area (Å²) in [4.78, 5) is 38.5. The molecule has 148 valence electrons. The van der Waals surface area contributed by atoms with E-state index in [1.165, 1.54) is 13.0 Å². The Morgan fingerprint density at radius 1 is 1.30 bits per heavy atom. The Balaban J connectivity index is 2.14. The Labute approximate surface area is 158 Å². The van der Waals surface area contributed by atoms with Crippen molar-refractivity contribution in [2.24, 2.45) is 0 Å². The lowest BCUT2D eigenvalue weighted by Crippen LogP contribution is -2.48. The molecule has 1 saturated heterocycles. The zero-order chi connectivity index (χ0) is 20.0. The summed E-state index contributed by atoms with van der Waals surface area (Å²) in [6.45, 7) is 5.96. The summed E-state index contributed by atoms with van der Waals surface area (Å²) < 4.78 is 4.98. The maximum absolute atomic E-state index is 12.4. The van der Waals surface area contributed by atoms with Gasteiger partial charge in [0, 0.05) is 64.5 Å². The zero-order valence-corrected chi connectivity index (χ0v) is 15.9. The van der Waals surface area contributed by atoms with Crippen LogP contribution in [0, 0.1) is 10.1 Å². The molecule has 1 atom stereocenters. The number of nitro benzene ring substituents is 1. The lowest BCUT2D eigenvalue weighted by Gasteiger charge is -2.35. The number of anilines is 1. The number of carbonyl (C=O) groups is 2. The molecule has 1 N–H and O–H groups in total. The molecule has 27 heavy (non-hydrogen) atoms. The second-order valence-electron chi connectivity index (χ2n) is 6.61. The fourth-order valence-corrected chi connectivity index (χ4v) is 3.01. The van der Waals surface area contributed by atoms with Crippen molar-refractivity contribution >= 4 is 23.2 Å². The molecule has 1 unspecified atom stereocenters. The molecular formula is C18H26N4O5. The van der Waals surface area contributed by atoms with E-state index in [4.69, 9.17) is 4.74 Å². The highest BCUT2D eigenvalue weighted by Gasteiger charge is 2.26. The normalized spacial score (nSPS) is 15.4. The lowest BCUT2D eigenvalue weighted by atomic mass is 10.1. The van der Waals surface area contributed by atoms with Gasteiger partial charge in [0.25, 0.3) is 11.6 Å². The quantitative estimate of drug-likeness (QED) is 0.568. The lowest BCUT2D eigenvalue weighted by molar-refractivity contribution is -0.384. The van der Waals surface area contributed by atoms with E-state index < -0.39 is 4.92 Å². The van der Waals surface area contributed by atoms with Gasteiger partial charge in [-0.25, -0.2) is 0 Å². The van der Waals surface area contributed by atoms with Gasteiger partial charge in [0.1, 0.15) is 5.69 Å². The molecule has 0 aliphatic carbocycles. The van der Waals surface area contributed by atoms with Crippen molar-refractivity contribution in [1.29, 1.82) is 0 Å². The molecule has 1 aliphatic rings. The standard InChI is InChI=1S/C18H26N4O5/c1-13(6-11-27-3)19-18(24)15-4-5-16(17(12-15)22(25)26)21-9-7-20(8-10-21)14(2)23/h4-5,12-13H,6-11H2,1-3H3,(H,19,24). The molecule has 1 aromatic rings. The summed E-state index contributed by atoms with van der Waals surface area (Å²) in [6.07, 6.45) is 0.656. The average Bonchev–Trinajstić information content (AvgIpc) is 2.65. The smallest absolute Gasteiger partial charge is 0.293 e. The Hall–Kier alpha value is -2.68. The van der Waals surface area contributed by atoms with E-state index in [0.29, 0.717) is 44.9 Å². The van der Waals surface area contributed by atoms with Gasteiger partial charge in [0.15, 0.2) is 0 Å². The van der Waals surface area contributed by atoms with Crippen LogP contribution < -0.4 is 10.2 Å². The Kier molecular flexibility index (Phi) is 7.12. The van der Waals surface area contributed by atoms with E-state index in [0.717, 1.165) is 0 Å². The molecule has 0 bridgehead atoms. The highest BCUT2D eigenvalue weighted by molar-refractivity contribution is 5.96. The second-order valence-corrected chi connectivity index (χ2v) is 6.61. The summed E-state index contributed by atoms with van der Waals surface area (Å²) in [5, 5.41) is 14.4. The SMILES string of the molecule is COCCC(C)NC(=O)c1ccc(N2CCN(C(C)=O)CC2)c([N+](=O)[O-])c1. The van der Waals surface area contributed by atoms with Gasteiger partial charge in [-0.1, -0.05) is 0 Å². The van der Waals surface area contributed by atoms with Gasteiger partial charge in [-0.05, 0) is 25.5 Å². The molecule has 0 aromatic heterocycles. The number of carbonyl (C=O) groups excluding carboxylic acids is 2. The number of nitro groups is 1. The molecule has 1 aliphatic heterocycles. The first-order valence-electron chi connectivity index (χ1n) is 8.92. The molecule has 0 saturated carbocycles. The van der Waals surface area contributed by atoms with Gasteiger partial charge < -0.3 is 19.9 Å². The van der Waals surface area contributed by atoms with Crippen molar-refractivity contribution in [3.8, 4) is 0 Å². The Bertz CT molecular complexity index is 701. The van der Waals surface area contributed by atoms with Crippen LogP contribution in [0.3, 0.4) is 0 Å². The maximum Gasteiger partial charge on any atom is 0.293 e. The van der Waals surface area contributed by atoms with Gasteiger partial charge in [0.05, 0.1) is 4.92 Å². The minimum atomic E-state index is -0.474. The van der Waals surface area contributed by atoms with Gasteiger partial charge in [-0.2, -0.15) is 0 Å². The number of amides is 2. The Morgan fingerprint density at radius 3 is 2.52 bits per heavy atom. The third-order valence-electron chi connectivity index (χ3n) is 4.63. The van der Waals surface area contributed by atoms with Crippen molar-refractivity contribution in [2.75, 3.05) is 44.8 Å². The first-order valence-corrected chi connectivity index (χ1v) is 8.92. The topological polar surface area (TPSA) is 105 Å². The van der Waals surface area contributed by atoms with Crippen LogP contribution in [-0.2, 0) is 9.53 Å². The highest BCUT2D eigenvalue weighted by Crippen LogP contribution is 2.30. The van der Waals surface area contributed by atoms with Crippen molar-refractivity contribution in [3.63, 3.8) is 0 Å². The minimum Gasteiger partial charge on any atom is -0.385 e. The number of ether oxygens (including phenoxy) is 1. The van der Waals surface area contributed by atoms with Gasteiger partial charge in [-0.15, -0.1) is 0 Å². The van der Waals surface area contributed by atoms with Crippen molar-refractivity contribution < 1.29 is 19.2 Å². The van der Waals surface area contributed by atoms with E-state index in [1.807, 2.05) is 11.8 Å². The zero-order valence-electron chi connectivity index (χ0n) is 15.9. The third-order valence-corrected chi connectivity index (χ3v) is 4.63. The summed E-state index contributed by atoms with van der Waals surface area (Å²) >= 11 is 0. The van der Waals surface area contributed by atoms with Crippen LogP contribution in [-0.4, -0.2) is 67.6 Å². The van der Waals surface area contributed by atoms with Crippen LogP contribution in [0.25, 0.3) is 0 Å². The van der Waals surface area contributed by atoms with Crippen LogP contribution in [0.2, 0.25) is 0 Å². The van der Waals surface area contributed by atoms with Gasteiger partial charge in [0.2, 0.25) is 5.91 Å². The second kappa shape index (κ2) is 9.31. The predicted octanol–water partition coefficient (Wildman–Crippen LogP) is 1.42. The summed E-state index contributed by atoms with van der Waals surface area (Å²) in [5.74, 6) is -0.353. The molecule has 2 amide bonds. The molecule has 1 aromatic carbocycles. The number of nitrogens with zero attached hydrogens (tertiary/aromatic N) is 3. The predicted molar refractivity (Wildman–Crippen MR) is 101 cm³/mol. The fourth-order valence-electron chi connectivity index (χ4n) is 3.01. The van der Waals surface area contributed by atoms with Crippen molar-refractivity contribution in [2.45, 2.75) is 26.3 Å². The van der Waals surface area contributed by atoms with Crippen LogP contribution in [0.5, 0.6) is 0 Å². The number of methoxy groups -OCH3 is 1. The minimum absolute atomic E-state index is 0.00115. The van der Waals surface area contributed by atoms with E-state index >= 15 is 0 Å². The van der Waals surface area contributed by atoms with Crippen LogP contribution >= 0.6 is 0 Å². The molecule has 2 rings (SSSR count). The molecule has 1 heterocycles. The molecular weight excluding hydrogens is 352 g/mol. The number of hydrogen-bond donors (Lipinski definition) is 1. The number of rotatable bonds is 7. The van der Waals surface area contributed by atoms with Gasteiger partial charge in [-0.3, -0.25) is 19.7 Å². The van der Waals surface area contributed by atoms with E-state index in [-0.39, 0.29) is 29.1 Å². The molecule has 9 heteroatoms. The summed E-state index contributed by atoms with van der Waals surface area (Å²) in [5.41, 5.74) is 0.604. The first kappa shape index (κ1) is 20.6. The van der Waals surface area contributed by atoms with Crippen LogP contribution in [0.15, 0.2) is 18.2 Å². The number of nitrogens with one attached hydrogen (secondary N) is 1. The molecule has 0 spiro atoms.